The van der Waals surface area contributed by atoms with Crippen LogP contribution < -0.4 is 23.7 Å². The average molecular weight is 422 g/mol. The van der Waals surface area contributed by atoms with E-state index < -0.39 is 0 Å². The smallest absolute Gasteiger partial charge is 0.203 e. The maximum atomic E-state index is 5.79. The molecular formula is C26H29O5. The van der Waals surface area contributed by atoms with Crippen molar-refractivity contribution in [1.82, 2.24) is 0 Å². The molecule has 0 bridgehead atoms. The Bertz CT molecular complexity index is 1000. The Balaban J connectivity index is 2.46. The fraction of sp³-hybridized carbons (Fsp3) is 0.308. The van der Waals surface area contributed by atoms with Gasteiger partial charge in [-0.2, -0.15) is 0 Å². The fourth-order valence-corrected chi connectivity index (χ4v) is 3.86. The van der Waals surface area contributed by atoms with Gasteiger partial charge in [-0.25, -0.2) is 0 Å². The summed E-state index contributed by atoms with van der Waals surface area (Å²) in [6.07, 6.45) is 1.80. The molecule has 0 aliphatic carbocycles. The summed E-state index contributed by atoms with van der Waals surface area (Å²) in [6, 6.07) is 17.4. The highest BCUT2D eigenvalue weighted by Crippen LogP contribution is 2.49. The fourth-order valence-electron chi connectivity index (χ4n) is 3.86. The predicted molar refractivity (Wildman–Crippen MR) is 123 cm³/mol. The third-order valence-electron chi connectivity index (χ3n) is 5.20. The molecule has 0 N–H and O–H groups in total. The third kappa shape index (κ3) is 4.26. The van der Waals surface area contributed by atoms with Gasteiger partial charge in [-0.15, -0.1) is 0 Å². The summed E-state index contributed by atoms with van der Waals surface area (Å²) in [5.74, 6) is 2.97. The first kappa shape index (κ1) is 22.3. The van der Waals surface area contributed by atoms with Gasteiger partial charge in [0.1, 0.15) is 11.5 Å². The van der Waals surface area contributed by atoms with Gasteiger partial charge < -0.3 is 23.7 Å². The summed E-state index contributed by atoms with van der Waals surface area (Å²) in [5.41, 5.74) is 4.98. The summed E-state index contributed by atoms with van der Waals surface area (Å²) in [5, 5.41) is 0. The highest BCUT2D eigenvalue weighted by atomic mass is 16.5. The van der Waals surface area contributed by atoms with Crippen LogP contribution in [0.1, 0.15) is 18.9 Å². The molecule has 0 heterocycles. The summed E-state index contributed by atoms with van der Waals surface area (Å²) in [4.78, 5) is 0. The number of ether oxygens (including phenoxy) is 5. The zero-order valence-electron chi connectivity index (χ0n) is 19.0. The van der Waals surface area contributed by atoms with E-state index in [1.54, 1.807) is 35.5 Å². The summed E-state index contributed by atoms with van der Waals surface area (Å²) in [7, 11) is 8.12. The topological polar surface area (TPSA) is 46.2 Å². The van der Waals surface area contributed by atoms with Gasteiger partial charge in [-0.05, 0) is 29.7 Å². The number of hydrogen-bond acceptors (Lipinski definition) is 5. The van der Waals surface area contributed by atoms with Gasteiger partial charge in [-0.1, -0.05) is 43.7 Å². The predicted octanol–water partition coefficient (Wildman–Crippen LogP) is 5.82. The number of benzene rings is 3. The molecule has 163 valence electrons. The van der Waals surface area contributed by atoms with Crippen LogP contribution in [-0.2, 0) is 6.42 Å². The molecule has 0 aromatic heterocycles. The van der Waals surface area contributed by atoms with E-state index in [1.165, 1.54) is 0 Å². The Kier molecular flexibility index (Phi) is 7.29. The lowest BCUT2D eigenvalue weighted by atomic mass is 9.87. The van der Waals surface area contributed by atoms with Crippen molar-refractivity contribution in [1.29, 1.82) is 0 Å². The van der Waals surface area contributed by atoms with E-state index in [1.807, 2.05) is 30.3 Å². The second-order valence-electron chi connectivity index (χ2n) is 6.95. The van der Waals surface area contributed by atoms with Crippen molar-refractivity contribution in [3.8, 4) is 51.0 Å². The van der Waals surface area contributed by atoms with Crippen LogP contribution in [0.5, 0.6) is 28.7 Å². The van der Waals surface area contributed by atoms with Crippen LogP contribution >= 0.6 is 0 Å². The van der Waals surface area contributed by atoms with Gasteiger partial charge >= 0.3 is 0 Å². The number of methoxy groups -OCH3 is 5. The van der Waals surface area contributed by atoms with E-state index in [2.05, 4.69) is 25.1 Å². The van der Waals surface area contributed by atoms with Crippen molar-refractivity contribution in [2.24, 2.45) is 0 Å². The standard InChI is InChI=1S/C26H29O5/c1-7-11-19-20(27-2)16-21(28-3)25(24(19)17-12-9-8-10-13-17)18-14-22(29-4)26(31-6)23(15-18)30-5/h8-10,12-15H,7,11H2,1-6H3. The number of hydrogen-bond donors (Lipinski definition) is 0. The molecule has 0 saturated carbocycles. The molecule has 0 spiro atoms. The largest absolute Gasteiger partial charge is 0.496 e. The molecule has 0 atom stereocenters. The van der Waals surface area contributed by atoms with E-state index in [9.17, 15) is 0 Å². The van der Waals surface area contributed by atoms with Crippen molar-refractivity contribution in [2.45, 2.75) is 19.8 Å². The van der Waals surface area contributed by atoms with E-state index in [4.69, 9.17) is 23.7 Å². The molecule has 0 aliphatic rings. The Morgan fingerprint density at radius 3 is 1.77 bits per heavy atom. The van der Waals surface area contributed by atoms with Crippen LogP contribution in [0.15, 0.2) is 42.5 Å². The first-order valence-corrected chi connectivity index (χ1v) is 10.2. The zero-order chi connectivity index (χ0) is 22.4. The highest BCUT2D eigenvalue weighted by Gasteiger charge is 2.24. The molecule has 0 unspecified atom stereocenters. The quantitative estimate of drug-likeness (QED) is 0.436. The van der Waals surface area contributed by atoms with Crippen molar-refractivity contribution in [2.75, 3.05) is 35.5 Å². The monoisotopic (exact) mass is 421 g/mol. The molecule has 0 fully saturated rings. The first-order valence-electron chi connectivity index (χ1n) is 10.2. The van der Waals surface area contributed by atoms with E-state index in [0.717, 1.165) is 40.7 Å². The van der Waals surface area contributed by atoms with Crippen LogP contribution in [0.3, 0.4) is 0 Å². The van der Waals surface area contributed by atoms with Crippen LogP contribution in [0.2, 0.25) is 0 Å². The van der Waals surface area contributed by atoms with E-state index >= 15 is 0 Å². The molecule has 1 radical (unpaired) electrons. The molecule has 0 amide bonds. The lowest BCUT2D eigenvalue weighted by Gasteiger charge is -2.22. The second kappa shape index (κ2) is 10.1. The molecule has 3 aromatic rings. The Morgan fingerprint density at radius 1 is 0.677 bits per heavy atom. The normalized spacial score (nSPS) is 10.5. The van der Waals surface area contributed by atoms with Crippen LogP contribution in [0.25, 0.3) is 22.3 Å². The maximum Gasteiger partial charge on any atom is 0.203 e. The minimum absolute atomic E-state index is 0.542. The Labute approximate surface area is 184 Å². The van der Waals surface area contributed by atoms with Gasteiger partial charge in [0.15, 0.2) is 11.5 Å². The minimum atomic E-state index is 0.542. The van der Waals surface area contributed by atoms with Gasteiger partial charge in [-0.3, -0.25) is 0 Å². The summed E-state index contributed by atoms with van der Waals surface area (Å²) >= 11 is 0. The van der Waals surface area contributed by atoms with E-state index in [0.29, 0.717) is 28.7 Å². The molecule has 3 rings (SSSR count). The average Bonchev–Trinajstić information content (AvgIpc) is 2.83. The summed E-state index contributed by atoms with van der Waals surface area (Å²) in [6.45, 7) is 2.15. The van der Waals surface area contributed by atoms with Gasteiger partial charge in [0.25, 0.3) is 0 Å². The maximum absolute atomic E-state index is 5.79. The van der Waals surface area contributed by atoms with Crippen molar-refractivity contribution < 1.29 is 23.7 Å². The Morgan fingerprint density at radius 2 is 1.29 bits per heavy atom. The lowest BCUT2D eigenvalue weighted by Crippen LogP contribution is -2.02. The van der Waals surface area contributed by atoms with Gasteiger partial charge in [0.05, 0.1) is 41.6 Å². The summed E-state index contributed by atoms with van der Waals surface area (Å²) < 4.78 is 28.2. The number of rotatable bonds is 9. The minimum Gasteiger partial charge on any atom is -0.496 e. The van der Waals surface area contributed by atoms with Crippen molar-refractivity contribution in [3.05, 3.63) is 54.1 Å². The van der Waals surface area contributed by atoms with Crippen molar-refractivity contribution >= 4 is 0 Å². The third-order valence-corrected chi connectivity index (χ3v) is 5.20. The van der Waals surface area contributed by atoms with Crippen LogP contribution in [-0.4, -0.2) is 35.5 Å². The zero-order valence-corrected chi connectivity index (χ0v) is 19.0. The second-order valence-corrected chi connectivity index (χ2v) is 6.95. The molecule has 5 heteroatoms. The molecular weight excluding hydrogens is 392 g/mol. The van der Waals surface area contributed by atoms with Crippen LogP contribution in [0.4, 0.5) is 0 Å². The van der Waals surface area contributed by atoms with Gasteiger partial charge in [0.2, 0.25) is 5.75 Å². The first-order chi connectivity index (χ1) is 15.1. The molecule has 0 aliphatic heterocycles. The SMILES string of the molecule is CCCc1c(OC)[c]c(OC)c(-c2cc(OC)c(OC)c(OC)c2)c1-c1ccccc1. The van der Waals surface area contributed by atoms with Gasteiger partial charge in [0, 0.05) is 16.7 Å². The highest BCUT2D eigenvalue weighted by molar-refractivity contribution is 5.92. The van der Waals surface area contributed by atoms with Crippen LogP contribution in [0, 0.1) is 6.07 Å². The van der Waals surface area contributed by atoms with E-state index in [-0.39, 0.29) is 0 Å². The van der Waals surface area contributed by atoms with Crippen molar-refractivity contribution in [3.63, 3.8) is 0 Å². The molecule has 3 aromatic carbocycles. The molecule has 31 heavy (non-hydrogen) atoms. The molecule has 5 nitrogen and oxygen atoms in total. The molecule has 0 saturated heterocycles. The lowest BCUT2D eigenvalue weighted by molar-refractivity contribution is 0.324. The Hall–Kier alpha value is -3.34.